The fourth-order valence-electron chi connectivity index (χ4n) is 5.25. The van der Waals surface area contributed by atoms with Crippen LogP contribution in [0.1, 0.15) is 58.4 Å². The van der Waals surface area contributed by atoms with Crippen LogP contribution in [0.15, 0.2) is 72.9 Å². The Morgan fingerprint density at radius 2 is 1.51 bits per heavy atom. The molecule has 0 saturated carbocycles. The second-order valence-electron chi connectivity index (χ2n) is 11.9. The molecule has 1 aliphatic rings. The van der Waals surface area contributed by atoms with E-state index in [1.807, 2.05) is 42.5 Å². The zero-order valence-electron chi connectivity index (χ0n) is 24.9. The van der Waals surface area contributed by atoms with Gasteiger partial charge in [-0.1, -0.05) is 39.3 Å². The maximum absolute atomic E-state index is 6.29. The van der Waals surface area contributed by atoms with Gasteiger partial charge in [-0.3, -0.25) is 4.98 Å². The third kappa shape index (κ3) is 7.70. The minimum absolute atomic E-state index is 0.139. The van der Waals surface area contributed by atoms with Crippen LogP contribution in [0, 0.1) is 0 Å². The molecule has 1 N–H and O–H groups in total. The zero-order chi connectivity index (χ0) is 28.7. The van der Waals surface area contributed by atoms with Crippen molar-refractivity contribution in [1.82, 2.24) is 9.88 Å². The molecule has 6 nitrogen and oxygen atoms in total. The Morgan fingerprint density at radius 1 is 0.805 bits per heavy atom. The molecule has 3 aromatic carbocycles. The molecule has 0 atom stereocenters. The largest absolute Gasteiger partial charge is 0.493 e. The number of hydrogen-bond donors (Lipinski definition) is 1. The van der Waals surface area contributed by atoms with E-state index >= 15 is 0 Å². The van der Waals surface area contributed by atoms with E-state index in [9.17, 15) is 0 Å². The molecule has 0 radical (unpaired) electrons. The second kappa shape index (κ2) is 13.3. The van der Waals surface area contributed by atoms with E-state index in [2.05, 4.69) is 60.2 Å². The van der Waals surface area contributed by atoms with Gasteiger partial charge in [-0.2, -0.15) is 0 Å². The lowest BCUT2D eigenvalue weighted by Gasteiger charge is -2.26. The number of benzene rings is 3. The van der Waals surface area contributed by atoms with E-state index in [4.69, 9.17) is 14.2 Å². The Labute approximate surface area is 244 Å². The summed E-state index contributed by atoms with van der Waals surface area (Å²) >= 11 is 0. The van der Waals surface area contributed by atoms with Gasteiger partial charge in [0, 0.05) is 29.0 Å². The highest BCUT2D eigenvalue weighted by atomic mass is 16.5. The standard InChI is InChI=1S/C35H43N3O3/c1-35(2,3)26-10-12-27(13-11-26)37-28-14-16-29(17-15-28)41-32-18-19-36-31-25-34(33(39-4)24-30(31)32)40-23-9-8-22-38-20-6-5-7-21-38/h10-19,24-25,37H,5-9,20-23H2,1-4H3. The van der Waals surface area contributed by atoms with Crippen LogP contribution in [0.4, 0.5) is 11.4 Å². The monoisotopic (exact) mass is 553 g/mol. The van der Waals surface area contributed by atoms with Gasteiger partial charge in [-0.05, 0) is 105 Å². The van der Waals surface area contributed by atoms with Crippen LogP contribution >= 0.6 is 0 Å². The average Bonchev–Trinajstić information content (AvgIpc) is 2.98. The van der Waals surface area contributed by atoms with Gasteiger partial charge in [0.1, 0.15) is 11.5 Å². The van der Waals surface area contributed by atoms with Crippen molar-refractivity contribution in [1.29, 1.82) is 0 Å². The second-order valence-corrected chi connectivity index (χ2v) is 11.9. The predicted molar refractivity (Wildman–Crippen MR) is 168 cm³/mol. The Bertz CT molecular complexity index is 1410. The Morgan fingerprint density at radius 3 is 2.20 bits per heavy atom. The van der Waals surface area contributed by atoms with Crippen LogP contribution in [-0.4, -0.2) is 43.2 Å². The molecule has 6 heteroatoms. The summed E-state index contributed by atoms with van der Waals surface area (Å²) in [5.41, 5.74) is 4.32. The first-order chi connectivity index (χ1) is 19.9. The van der Waals surface area contributed by atoms with Crippen LogP contribution in [0.25, 0.3) is 10.9 Å². The molecule has 0 amide bonds. The number of rotatable bonds is 11. The highest BCUT2D eigenvalue weighted by molar-refractivity contribution is 5.88. The number of methoxy groups -OCH3 is 1. The molecule has 1 aromatic heterocycles. The van der Waals surface area contributed by atoms with E-state index in [0.717, 1.165) is 53.2 Å². The number of hydrogen-bond acceptors (Lipinski definition) is 6. The number of nitrogens with one attached hydrogen (secondary N) is 1. The molecule has 1 aliphatic heterocycles. The van der Waals surface area contributed by atoms with Gasteiger partial charge >= 0.3 is 0 Å². The lowest BCUT2D eigenvalue weighted by Crippen LogP contribution is -2.30. The van der Waals surface area contributed by atoms with Gasteiger partial charge in [-0.15, -0.1) is 0 Å². The van der Waals surface area contributed by atoms with Gasteiger partial charge in [0.2, 0.25) is 0 Å². The fraction of sp³-hybridized carbons (Fsp3) is 0.400. The molecule has 41 heavy (non-hydrogen) atoms. The minimum Gasteiger partial charge on any atom is -0.493 e. The van der Waals surface area contributed by atoms with E-state index in [1.165, 1.54) is 37.9 Å². The summed E-state index contributed by atoms with van der Waals surface area (Å²) in [4.78, 5) is 7.15. The summed E-state index contributed by atoms with van der Waals surface area (Å²) in [5, 5.41) is 4.35. The van der Waals surface area contributed by atoms with Crippen molar-refractivity contribution >= 4 is 22.3 Å². The number of nitrogens with zero attached hydrogens (tertiary/aromatic N) is 2. The summed E-state index contributed by atoms with van der Waals surface area (Å²) in [6.45, 7) is 11.0. The van der Waals surface area contributed by atoms with Crippen LogP contribution in [-0.2, 0) is 5.41 Å². The van der Waals surface area contributed by atoms with Crippen molar-refractivity contribution in [2.24, 2.45) is 0 Å². The molecule has 0 unspecified atom stereocenters. The van der Waals surface area contributed by atoms with E-state index < -0.39 is 0 Å². The first kappa shape index (κ1) is 28.7. The van der Waals surface area contributed by atoms with Crippen LogP contribution in [0.2, 0.25) is 0 Å². The summed E-state index contributed by atoms with van der Waals surface area (Å²) in [6.07, 6.45) is 7.96. The van der Waals surface area contributed by atoms with Crippen LogP contribution in [0.3, 0.4) is 0 Å². The normalized spacial score (nSPS) is 14.1. The third-order valence-corrected chi connectivity index (χ3v) is 7.68. The molecular formula is C35H43N3O3. The maximum Gasteiger partial charge on any atom is 0.163 e. The van der Waals surface area contributed by atoms with Crippen molar-refractivity contribution in [2.75, 3.05) is 38.7 Å². The lowest BCUT2D eigenvalue weighted by molar-refractivity contribution is 0.214. The number of likely N-dealkylation sites (tertiary alicyclic amines) is 1. The SMILES string of the molecule is COc1cc2c(Oc3ccc(Nc4ccc(C(C)(C)C)cc4)cc3)ccnc2cc1OCCCCN1CCCCC1. The van der Waals surface area contributed by atoms with Crippen LogP contribution in [0.5, 0.6) is 23.0 Å². The zero-order valence-corrected chi connectivity index (χ0v) is 24.9. The van der Waals surface area contributed by atoms with Gasteiger partial charge in [0.25, 0.3) is 0 Å². The fourth-order valence-corrected chi connectivity index (χ4v) is 5.25. The summed E-state index contributed by atoms with van der Waals surface area (Å²) < 4.78 is 18.1. The molecule has 2 heterocycles. The Hall–Kier alpha value is -3.77. The number of unbranched alkanes of at least 4 members (excludes halogenated alkanes) is 1. The molecule has 4 aromatic rings. The number of aromatic nitrogens is 1. The number of piperidine rings is 1. The van der Waals surface area contributed by atoms with Crippen molar-refractivity contribution < 1.29 is 14.2 Å². The van der Waals surface area contributed by atoms with E-state index in [-0.39, 0.29) is 5.41 Å². The van der Waals surface area contributed by atoms with Crippen molar-refractivity contribution in [3.05, 3.63) is 78.5 Å². The Balaban J connectivity index is 1.20. The number of fused-ring (bicyclic) bond motifs is 1. The van der Waals surface area contributed by atoms with Gasteiger partial charge in [-0.25, -0.2) is 0 Å². The van der Waals surface area contributed by atoms with Crippen molar-refractivity contribution in [3.63, 3.8) is 0 Å². The highest BCUT2D eigenvalue weighted by Gasteiger charge is 2.14. The average molecular weight is 554 g/mol. The summed E-state index contributed by atoms with van der Waals surface area (Å²) in [5.74, 6) is 2.87. The summed E-state index contributed by atoms with van der Waals surface area (Å²) in [6, 6.07) is 22.4. The van der Waals surface area contributed by atoms with Gasteiger partial charge in [0.15, 0.2) is 11.5 Å². The number of pyridine rings is 1. The van der Waals surface area contributed by atoms with E-state index in [0.29, 0.717) is 18.1 Å². The van der Waals surface area contributed by atoms with Crippen LogP contribution < -0.4 is 19.5 Å². The third-order valence-electron chi connectivity index (χ3n) is 7.68. The molecule has 0 bridgehead atoms. The smallest absolute Gasteiger partial charge is 0.163 e. The minimum atomic E-state index is 0.139. The first-order valence-corrected chi connectivity index (χ1v) is 14.9. The van der Waals surface area contributed by atoms with Crippen molar-refractivity contribution in [2.45, 2.75) is 58.3 Å². The maximum atomic E-state index is 6.29. The van der Waals surface area contributed by atoms with Gasteiger partial charge in [0.05, 0.1) is 19.2 Å². The topological polar surface area (TPSA) is 55.9 Å². The number of ether oxygens (including phenoxy) is 3. The molecule has 5 rings (SSSR count). The molecule has 1 fully saturated rings. The molecule has 216 valence electrons. The summed E-state index contributed by atoms with van der Waals surface area (Å²) in [7, 11) is 1.67. The predicted octanol–water partition coefficient (Wildman–Crippen LogP) is 8.72. The molecular weight excluding hydrogens is 510 g/mol. The lowest BCUT2D eigenvalue weighted by atomic mass is 9.87. The Kier molecular flexibility index (Phi) is 9.30. The molecule has 0 spiro atoms. The quantitative estimate of drug-likeness (QED) is 0.187. The highest BCUT2D eigenvalue weighted by Crippen LogP contribution is 2.37. The molecule has 0 aliphatic carbocycles. The molecule has 1 saturated heterocycles. The van der Waals surface area contributed by atoms with Crippen molar-refractivity contribution in [3.8, 4) is 23.0 Å². The van der Waals surface area contributed by atoms with Gasteiger partial charge < -0.3 is 24.4 Å². The van der Waals surface area contributed by atoms with E-state index in [1.54, 1.807) is 13.3 Å². The number of anilines is 2. The first-order valence-electron chi connectivity index (χ1n) is 14.9.